The Kier molecular flexibility index (Phi) is 7.55. The lowest BCUT2D eigenvalue weighted by molar-refractivity contribution is -0.159. The van der Waals surface area contributed by atoms with Gasteiger partial charge < -0.3 is 14.8 Å². The van der Waals surface area contributed by atoms with Crippen LogP contribution in [-0.4, -0.2) is 43.0 Å². The van der Waals surface area contributed by atoms with Crippen molar-refractivity contribution >= 4 is 24.7 Å². The lowest BCUT2D eigenvalue weighted by Gasteiger charge is -2.21. The van der Waals surface area contributed by atoms with Crippen LogP contribution in [0.1, 0.15) is 13.3 Å². The number of hydrogen-bond donors (Lipinski definition) is 2. The molecule has 10 heteroatoms. The van der Waals surface area contributed by atoms with Crippen LogP contribution in [0.3, 0.4) is 0 Å². The molecule has 21 heavy (non-hydrogen) atoms. The van der Waals surface area contributed by atoms with Gasteiger partial charge in [-0.3, -0.25) is 0 Å². The minimum Gasteiger partial charge on any atom is -0.460 e. The van der Waals surface area contributed by atoms with Gasteiger partial charge in [-0.25, -0.2) is 9.59 Å². The van der Waals surface area contributed by atoms with Gasteiger partial charge >= 0.3 is 23.2 Å². The third-order valence-corrected chi connectivity index (χ3v) is 2.37. The zero-order chi connectivity index (χ0) is 16.7. The van der Waals surface area contributed by atoms with E-state index in [2.05, 4.69) is 34.0 Å². The van der Waals surface area contributed by atoms with Crippen molar-refractivity contribution in [1.29, 1.82) is 0 Å². The fourth-order valence-electron chi connectivity index (χ4n) is 0.893. The molecule has 1 amide bonds. The third kappa shape index (κ3) is 7.78. The molecule has 0 aromatic heterocycles. The Morgan fingerprint density at radius 1 is 1.19 bits per heavy atom. The number of halogens is 4. The zero-order valence-corrected chi connectivity index (χ0v) is 12.0. The number of thiol groups is 1. The maximum Gasteiger partial charge on any atom is 0.407 e. The van der Waals surface area contributed by atoms with Gasteiger partial charge in [0.1, 0.15) is 6.61 Å². The molecular weight excluding hydrogens is 318 g/mol. The first-order valence-electron chi connectivity index (χ1n) is 5.68. The molecule has 0 heterocycles. The molecule has 0 unspecified atom stereocenters. The quantitative estimate of drug-likeness (QED) is 0.235. The number of nitrogens with one attached hydrogen (secondary N) is 1. The van der Waals surface area contributed by atoms with E-state index >= 15 is 0 Å². The summed E-state index contributed by atoms with van der Waals surface area (Å²) < 4.78 is 59.0. The van der Waals surface area contributed by atoms with E-state index in [4.69, 9.17) is 0 Å². The van der Waals surface area contributed by atoms with E-state index in [0.29, 0.717) is 0 Å². The predicted octanol–water partition coefficient (Wildman–Crippen LogP) is 2.38. The van der Waals surface area contributed by atoms with Crippen molar-refractivity contribution in [2.75, 3.05) is 19.8 Å². The average Bonchev–Trinajstić information content (AvgIpc) is 2.32. The molecule has 0 saturated carbocycles. The summed E-state index contributed by atoms with van der Waals surface area (Å²) in [5.41, 5.74) is 0.174. The molecule has 0 spiro atoms. The van der Waals surface area contributed by atoms with E-state index in [1.54, 1.807) is 0 Å². The minimum absolute atomic E-state index is 0.128. The van der Waals surface area contributed by atoms with E-state index in [1.807, 2.05) is 0 Å². The molecule has 0 fully saturated rings. The SMILES string of the molecule is C=C(C)C(=O)OCCNC(=O)OCCC(F)(F)C(F)(F)S. The van der Waals surface area contributed by atoms with Crippen molar-refractivity contribution in [2.24, 2.45) is 0 Å². The average molecular weight is 333 g/mol. The molecule has 0 rings (SSSR count). The minimum atomic E-state index is -4.50. The highest BCUT2D eigenvalue weighted by Gasteiger charge is 2.53. The Hall–Kier alpha value is -1.45. The highest BCUT2D eigenvalue weighted by atomic mass is 32.1. The van der Waals surface area contributed by atoms with Gasteiger partial charge in [0, 0.05) is 5.57 Å². The van der Waals surface area contributed by atoms with Crippen LogP contribution in [0, 0.1) is 0 Å². The second-order valence-corrected chi connectivity index (χ2v) is 4.54. The van der Waals surface area contributed by atoms with Gasteiger partial charge in [-0.05, 0) is 6.92 Å². The second kappa shape index (κ2) is 8.11. The van der Waals surface area contributed by atoms with Crippen LogP contribution in [0.2, 0.25) is 0 Å². The van der Waals surface area contributed by atoms with Crippen LogP contribution in [0.15, 0.2) is 12.2 Å². The summed E-state index contributed by atoms with van der Waals surface area (Å²) in [6.07, 6.45) is -2.47. The van der Waals surface area contributed by atoms with Gasteiger partial charge in [0.2, 0.25) is 0 Å². The van der Waals surface area contributed by atoms with E-state index in [9.17, 15) is 27.2 Å². The Labute approximate surface area is 124 Å². The number of amides is 1. The summed E-state index contributed by atoms with van der Waals surface area (Å²) in [4.78, 5) is 22.0. The summed E-state index contributed by atoms with van der Waals surface area (Å²) >= 11 is 2.47. The molecule has 0 aliphatic carbocycles. The maximum absolute atomic E-state index is 12.7. The summed E-state index contributed by atoms with van der Waals surface area (Å²) in [5.74, 6) is -5.05. The van der Waals surface area contributed by atoms with Crippen molar-refractivity contribution < 1.29 is 36.6 Å². The molecule has 0 radical (unpaired) electrons. The van der Waals surface area contributed by atoms with Crippen LogP contribution in [0.25, 0.3) is 0 Å². The number of esters is 1. The molecule has 122 valence electrons. The van der Waals surface area contributed by atoms with Gasteiger partial charge in [-0.15, -0.1) is 0 Å². The highest BCUT2D eigenvalue weighted by molar-refractivity contribution is 7.81. The van der Waals surface area contributed by atoms with Crippen LogP contribution in [0.4, 0.5) is 22.4 Å². The standard InChI is InChI=1S/C11H15F4NO4S/c1-7(2)8(17)19-6-4-16-9(18)20-5-3-10(12,13)11(14,15)21/h21H,1,3-6H2,2H3,(H,16,18). The number of rotatable bonds is 8. The number of alkyl halides is 4. The van der Waals surface area contributed by atoms with Crippen molar-refractivity contribution in [3.63, 3.8) is 0 Å². The molecule has 0 saturated heterocycles. The van der Waals surface area contributed by atoms with Gasteiger partial charge in [0.25, 0.3) is 0 Å². The van der Waals surface area contributed by atoms with E-state index in [-0.39, 0.29) is 18.7 Å². The predicted molar refractivity (Wildman–Crippen MR) is 68.6 cm³/mol. The lowest BCUT2D eigenvalue weighted by Crippen LogP contribution is -2.37. The fourth-order valence-corrected chi connectivity index (χ4v) is 1.01. The van der Waals surface area contributed by atoms with Crippen LogP contribution in [-0.2, 0) is 14.3 Å². The normalized spacial score (nSPS) is 11.7. The molecule has 0 aromatic carbocycles. The summed E-state index contributed by atoms with van der Waals surface area (Å²) in [5, 5.41) is -2.41. The Morgan fingerprint density at radius 2 is 1.76 bits per heavy atom. The molecule has 0 aromatic rings. The summed E-state index contributed by atoms with van der Waals surface area (Å²) in [7, 11) is 0. The lowest BCUT2D eigenvalue weighted by atomic mass is 10.2. The van der Waals surface area contributed by atoms with Gasteiger partial charge in [0.05, 0.1) is 19.6 Å². The number of hydrogen-bond acceptors (Lipinski definition) is 5. The molecular formula is C11H15F4NO4S. The van der Waals surface area contributed by atoms with Gasteiger partial charge in [-0.1, -0.05) is 19.2 Å². The van der Waals surface area contributed by atoms with Crippen molar-refractivity contribution in [3.8, 4) is 0 Å². The molecule has 0 bridgehead atoms. The number of ether oxygens (including phenoxy) is 2. The smallest absolute Gasteiger partial charge is 0.407 e. The van der Waals surface area contributed by atoms with Crippen molar-refractivity contribution in [1.82, 2.24) is 5.32 Å². The first kappa shape index (κ1) is 19.6. The fraction of sp³-hybridized carbons (Fsp3) is 0.636. The molecule has 5 nitrogen and oxygen atoms in total. The van der Waals surface area contributed by atoms with Crippen LogP contribution in [0.5, 0.6) is 0 Å². The van der Waals surface area contributed by atoms with Crippen LogP contribution >= 0.6 is 12.6 Å². The van der Waals surface area contributed by atoms with Crippen molar-refractivity contribution in [3.05, 3.63) is 12.2 Å². The summed E-state index contributed by atoms with van der Waals surface area (Å²) in [6, 6.07) is 0. The van der Waals surface area contributed by atoms with Gasteiger partial charge in [0.15, 0.2) is 0 Å². The van der Waals surface area contributed by atoms with E-state index < -0.39 is 36.3 Å². The number of carbonyl (C=O) groups excluding carboxylic acids is 2. The van der Waals surface area contributed by atoms with E-state index in [1.165, 1.54) is 6.92 Å². The van der Waals surface area contributed by atoms with Crippen LogP contribution < -0.4 is 5.32 Å². The topological polar surface area (TPSA) is 64.6 Å². The third-order valence-electron chi connectivity index (χ3n) is 2.04. The Balaban J connectivity index is 3.83. The highest BCUT2D eigenvalue weighted by Crippen LogP contribution is 2.39. The first-order valence-corrected chi connectivity index (χ1v) is 6.13. The molecule has 0 aliphatic rings. The maximum atomic E-state index is 12.7. The Bertz CT molecular complexity index is 398. The number of alkyl carbamates (subject to hydrolysis) is 1. The molecule has 0 atom stereocenters. The summed E-state index contributed by atoms with van der Waals surface area (Å²) in [6.45, 7) is 3.54. The largest absolute Gasteiger partial charge is 0.460 e. The van der Waals surface area contributed by atoms with Gasteiger partial charge in [-0.2, -0.15) is 17.6 Å². The number of carbonyl (C=O) groups is 2. The Morgan fingerprint density at radius 3 is 2.24 bits per heavy atom. The zero-order valence-electron chi connectivity index (χ0n) is 11.1. The monoisotopic (exact) mass is 333 g/mol. The van der Waals surface area contributed by atoms with E-state index in [0.717, 1.165) is 0 Å². The molecule has 1 N–H and O–H groups in total. The molecule has 0 aliphatic heterocycles. The second-order valence-electron chi connectivity index (χ2n) is 3.97. The first-order chi connectivity index (χ1) is 9.47. The van der Waals surface area contributed by atoms with Crippen molar-refractivity contribution in [2.45, 2.75) is 24.5 Å².